The van der Waals surface area contributed by atoms with Crippen LogP contribution in [0.4, 0.5) is 5.69 Å². The highest BCUT2D eigenvalue weighted by Gasteiger charge is 2.50. The molecule has 118 valence electrons. The Bertz CT molecular complexity index is 947. The number of carbonyl (C=O) groups is 2. The fraction of sp³-hybridized carbons (Fsp3) is 0.150. The Morgan fingerprint density at radius 3 is 2.50 bits per heavy atom. The first-order valence-electron chi connectivity index (χ1n) is 7.88. The zero-order valence-corrected chi connectivity index (χ0v) is 13.3. The van der Waals surface area contributed by atoms with Crippen LogP contribution in [-0.2, 0) is 15.0 Å². The van der Waals surface area contributed by atoms with Crippen LogP contribution in [0.5, 0.6) is 0 Å². The van der Waals surface area contributed by atoms with Crippen LogP contribution >= 0.6 is 0 Å². The first-order chi connectivity index (χ1) is 11.6. The van der Waals surface area contributed by atoms with E-state index in [0.29, 0.717) is 11.2 Å². The van der Waals surface area contributed by atoms with Crippen molar-refractivity contribution in [3.8, 4) is 0 Å². The molecule has 2 heterocycles. The van der Waals surface area contributed by atoms with Crippen LogP contribution < -0.4 is 4.90 Å². The van der Waals surface area contributed by atoms with E-state index in [9.17, 15) is 9.59 Å². The molecule has 24 heavy (non-hydrogen) atoms. The van der Waals surface area contributed by atoms with Gasteiger partial charge >= 0.3 is 0 Å². The number of anilines is 1. The molecule has 0 saturated carbocycles. The Kier molecular flexibility index (Phi) is 3.20. The third kappa shape index (κ3) is 2.03. The Labute approximate surface area is 139 Å². The van der Waals surface area contributed by atoms with Crippen molar-refractivity contribution in [2.75, 3.05) is 4.90 Å². The molecule has 1 fully saturated rings. The number of aromatic nitrogens is 1. The van der Waals surface area contributed by atoms with Gasteiger partial charge in [-0.1, -0.05) is 48.5 Å². The monoisotopic (exact) mass is 316 g/mol. The highest BCUT2D eigenvalue weighted by molar-refractivity contribution is 6.26. The minimum absolute atomic E-state index is 0.166. The normalized spacial score (nSPS) is 20.8. The van der Waals surface area contributed by atoms with Crippen molar-refractivity contribution in [3.63, 3.8) is 0 Å². The summed E-state index contributed by atoms with van der Waals surface area (Å²) in [7, 11) is 0. The van der Waals surface area contributed by atoms with Gasteiger partial charge in [0.05, 0.1) is 16.6 Å². The molecule has 1 atom stereocenters. The van der Waals surface area contributed by atoms with E-state index in [1.165, 1.54) is 4.90 Å². The van der Waals surface area contributed by atoms with E-state index in [1.54, 1.807) is 12.3 Å². The van der Waals surface area contributed by atoms with E-state index in [2.05, 4.69) is 4.98 Å². The maximum atomic E-state index is 13.2. The predicted molar refractivity (Wildman–Crippen MR) is 92.6 cm³/mol. The van der Waals surface area contributed by atoms with Gasteiger partial charge in [-0.25, -0.2) is 4.90 Å². The molecule has 0 aliphatic carbocycles. The van der Waals surface area contributed by atoms with Gasteiger partial charge in [0.15, 0.2) is 0 Å². The number of rotatable bonds is 2. The minimum atomic E-state index is -0.838. The van der Waals surface area contributed by atoms with E-state index >= 15 is 0 Å². The number of imide groups is 1. The van der Waals surface area contributed by atoms with Gasteiger partial charge in [0, 0.05) is 18.0 Å². The molecule has 0 bridgehead atoms. The van der Waals surface area contributed by atoms with E-state index in [0.717, 1.165) is 10.9 Å². The lowest BCUT2D eigenvalue weighted by molar-refractivity contribution is -0.122. The summed E-state index contributed by atoms with van der Waals surface area (Å²) in [5.41, 5.74) is 1.25. The van der Waals surface area contributed by atoms with Gasteiger partial charge in [-0.15, -0.1) is 0 Å². The summed E-state index contributed by atoms with van der Waals surface area (Å²) in [6.45, 7) is 1.83. The van der Waals surface area contributed by atoms with Crippen LogP contribution in [0, 0.1) is 0 Å². The lowest BCUT2D eigenvalue weighted by Gasteiger charge is -2.23. The van der Waals surface area contributed by atoms with E-state index in [1.807, 2.05) is 61.5 Å². The highest BCUT2D eigenvalue weighted by atomic mass is 16.2. The third-order valence-electron chi connectivity index (χ3n) is 4.69. The first kappa shape index (κ1) is 14.6. The molecule has 4 heteroatoms. The summed E-state index contributed by atoms with van der Waals surface area (Å²) in [6, 6.07) is 18.8. The molecule has 0 N–H and O–H groups in total. The molecular formula is C20H16N2O2. The van der Waals surface area contributed by atoms with Gasteiger partial charge in [-0.2, -0.15) is 0 Å². The zero-order valence-electron chi connectivity index (χ0n) is 13.3. The Balaban J connectivity index is 1.85. The van der Waals surface area contributed by atoms with Crippen molar-refractivity contribution in [1.29, 1.82) is 0 Å². The van der Waals surface area contributed by atoms with Crippen molar-refractivity contribution in [3.05, 3.63) is 72.4 Å². The number of para-hydroxylation sites is 1. The van der Waals surface area contributed by atoms with Crippen molar-refractivity contribution in [2.45, 2.75) is 18.8 Å². The number of amides is 2. The van der Waals surface area contributed by atoms with Crippen LogP contribution in [0.2, 0.25) is 0 Å². The van der Waals surface area contributed by atoms with E-state index in [4.69, 9.17) is 0 Å². The van der Waals surface area contributed by atoms with Gasteiger partial charge in [0.2, 0.25) is 11.8 Å². The SMILES string of the molecule is CC1(c2ccccc2)CC(=O)N(c2cccc3cccnc23)C1=O. The average Bonchev–Trinajstić information content (AvgIpc) is 2.85. The summed E-state index contributed by atoms with van der Waals surface area (Å²) in [4.78, 5) is 31.5. The topological polar surface area (TPSA) is 50.3 Å². The van der Waals surface area contributed by atoms with Crippen molar-refractivity contribution in [2.24, 2.45) is 0 Å². The average molecular weight is 316 g/mol. The van der Waals surface area contributed by atoms with Gasteiger partial charge in [0.1, 0.15) is 0 Å². The molecular weight excluding hydrogens is 300 g/mol. The Hall–Kier alpha value is -3.01. The van der Waals surface area contributed by atoms with Crippen LogP contribution in [0.15, 0.2) is 66.9 Å². The number of hydrogen-bond donors (Lipinski definition) is 0. The number of nitrogens with zero attached hydrogens (tertiary/aromatic N) is 2. The lowest BCUT2D eigenvalue weighted by atomic mass is 9.81. The molecule has 1 aliphatic rings. The first-order valence-corrected chi connectivity index (χ1v) is 7.88. The minimum Gasteiger partial charge on any atom is -0.274 e. The van der Waals surface area contributed by atoms with Crippen LogP contribution in [0.3, 0.4) is 0 Å². The number of pyridine rings is 1. The molecule has 1 unspecified atom stereocenters. The Morgan fingerprint density at radius 2 is 1.71 bits per heavy atom. The molecule has 3 aromatic rings. The van der Waals surface area contributed by atoms with Gasteiger partial charge in [-0.3, -0.25) is 14.6 Å². The predicted octanol–water partition coefficient (Wildman–Crippen LogP) is 3.46. The maximum Gasteiger partial charge on any atom is 0.244 e. The Morgan fingerprint density at radius 1 is 0.958 bits per heavy atom. The molecule has 1 saturated heterocycles. The van der Waals surface area contributed by atoms with E-state index in [-0.39, 0.29) is 18.2 Å². The van der Waals surface area contributed by atoms with Crippen LogP contribution in [-0.4, -0.2) is 16.8 Å². The quantitative estimate of drug-likeness (QED) is 0.680. The summed E-state index contributed by atoms with van der Waals surface area (Å²) in [5.74, 6) is -0.388. The standard InChI is InChI=1S/C20H16N2O2/c1-20(15-9-3-2-4-10-15)13-17(23)22(19(20)24)16-11-5-7-14-8-6-12-21-18(14)16/h2-12H,13H2,1H3. The molecule has 4 nitrogen and oxygen atoms in total. The third-order valence-corrected chi connectivity index (χ3v) is 4.69. The molecule has 4 rings (SSSR count). The zero-order chi connectivity index (χ0) is 16.7. The van der Waals surface area contributed by atoms with Crippen molar-refractivity contribution < 1.29 is 9.59 Å². The van der Waals surface area contributed by atoms with E-state index < -0.39 is 5.41 Å². The lowest BCUT2D eigenvalue weighted by Crippen LogP contribution is -2.36. The number of benzene rings is 2. The van der Waals surface area contributed by atoms with Gasteiger partial charge in [0.25, 0.3) is 0 Å². The van der Waals surface area contributed by atoms with Gasteiger partial charge < -0.3 is 0 Å². The number of fused-ring (bicyclic) bond motifs is 1. The van der Waals surface area contributed by atoms with Crippen molar-refractivity contribution in [1.82, 2.24) is 4.98 Å². The summed E-state index contributed by atoms with van der Waals surface area (Å²) in [5, 5.41) is 0.906. The van der Waals surface area contributed by atoms with Crippen LogP contribution in [0.1, 0.15) is 18.9 Å². The largest absolute Gasteiger partial charge is 0.274 e. The van der Waals surface area contributed by atoms with Crippen LogP contribution in [0.25, 0.3) is 10.9 Å². The number of hydrogen-bond acceptors (Lipinski definition) is 3. The molecule has 0 radical (unpaired) electrons. The highest BCUT2D eigenvalue weighted by Crippen LogP contribution is 2.40. The number of carbonyl (C=O) groups excluding carboxylic acids is 2. The second-order valence-electron chi connectivity index (χ2n) is 6.26. The maximum absolute atomic E-state index is 13.2. The fourth-order valence-electron chi connectivity index (χ4n) is 3.36. The molecule has 2 aromatic carbocycles. The summed E-state index contributed by atoms with van der Waals surface area (Å²) < 4.78 is 0. The summed E-state index contributed by atoms with van der Waals surface area (Å²) in [6.07, 6.45) is 1.84. The molecule has 1 aliphatic heterocycles. The smallest absolute Gasteiger partial charge is 0.244 e. The van der Waals surface area contributed by atoms with Gasteiger partial charge in [-0.05, 0) is 24.6 Å². The molecule has 1 aromatic heterocycles. The fourth-order valence-corrected chi connectivity index (χ4v) is 3.36. The second-order valence-corrected chi connectivity index (χ2v) is 6.26. The van der Waals surface area contributed by atoms with Crippen molar-refractivity contribution >= 4 is 28.4 Å². The second kappa shape index (κ2) is 5.27. The molecule has 2 amide bonds. The molecule has 0 spiro atoms. The summed E-state index contributed by atoms with van der Waals surface area (Å²) >= 11 is 0.